The third-order valence-electron chi connectivity index (χ3n) is 3.10. The molecule has 0 aliphatic carbocycles. The van der Waals surface area contributed by atoms with Crippen molar-refractivity contribution in [2.75, 3.05) is 7.05 Å². The Balaban J connectivity index is 2.14. The first kappa shape index (κ1) is 15.3. The lowest BCUT2D eigenvalue weighted by atomic mass is 10.1. The van der Waals surface area contributed by atoms with Crippen LogP contribution in [0.4, 0.5) is 0 Å². The van der Waals surface area contributed by atoms with Crippen molar-refractivity contribution in [1.29, 1.82) is 0 Å². The van der Waals surface area contributed by atoms with E-state index in [1.54, 1.807) is 4.90 Å². The van der Waals surface area contributed by atoms with Gasteiger partial charge in [-0.25, -0.2) is 0 Å². The topological polar surface area (TPSA) is 20.3 Å². The first-order valence-electron chi connectivity index (χ1n) is 6.23. The molecule has 0 saturated carbocycles. The quantitative estimate of drug-likeness (QED) is 0.730. The van der Waals surface area contributed by atoms with E-state index in [-0.39, 0.29) is 5.91 Å². The molecule has 0 radical (unpaired) electrons. The molecule has 0 heterocycles. The van der Waals surface area contributed by atoms with Crippen molar-refractivity contribution in [3.05, 3.63) is 68.1 Å². The summed E-state index contributed by atoms with van der Waals surface area (Å²) in [7, 11) is 1.83. The SMILES string of the molecule is Cc1cc(Br)ccc1C(=O)N(C)Cc1ccc(Br)cc1. The second-order valence-corrected chi connectivity index (χ2v) is 6.58. The lowest BCUT2D eigenvalue weighted by Crippen LogP contribution is -2.26. The number of amides is 1. The average Bonchev–Trinajstić information content (AvgIpc) is 2.40. The van der Waals surface area contributed by atoms with Gasteiger partial charge in [0.25, 0.3) is 5.91 Å². The number of nitrogens with zero attached hydrogens (tertiary/aromatic N) is 1. The highest BCUT2D eigenvalue weighted by Crippen LogP contribution is 2.18. The summed E-state index contributed by atoms with van der Waals surface area (Å²) in [5.74, 6) is 0.0397. The minimum Gasteiger partial charge on any atom is -0.337 e. The first-order valence-corrected chi connectivity index (χ1v) is 7.82. The van der Waals surface area contributed by atoms with Crippen LogP contribution < -0.4 is 0 Å². The van der Waals surface area contributed by atoms with Gasteiger partial charge in [0, 0.05) is 28.1 Å². The van der Waals surface area contributed by atoms with Gasteiger partial charge in [0.2, 0.25) is 0 Å². The summed E-state index contributed by atoms with van der Waals surface area (Å²) in [6.07, 6.45) is 0. The highest BCUT2D eigenvalue weighted by molar-refractivity contribution is 9.10. The number of hydrogen-bond acceptors (Lipinski definition) is 1. The van der Waals surface area contributed by atoms with Crippen LogP contribution in [-0.2, 0) is 6.54 Å². The van der Waals surface area contributed by atoms with Crippen LogP contribution in [-0.4, -0.2) is 17.9 Å². The Morgan fingerprint density at radius 1 is 1.05 bits per heavy atom. The maximum Gasteiger partial charge on any atom is 0.254 e. The van der Waals surface area contributed by atoms with Crippen LogP contribution >= 0.6 is 31.9 Å². The molecule has 1 amide bonds. The number of hydrogen-bond donors (Lipinski definition) is 0. The van der Waals surface area contributed by atoms with Gasteiger partial charge in [0.15, 0.2) is 0 Å². The highest BCUT2D eigenvalue weighted by Gasteiger charge is 2.14. The summed E-state index contributed by atoms with van der Waals surface area (Å²) >= 11 is 6.82. The Kier molecular flexibility index (Phi) is 5.00. The zero-order chi connectivity index (χ0) is 14.7. The maximum absolute atomic E-state index is 12.4. The Morgan fingerprint density at radius 2 is 1.65 bits per heavy atom. The van der Waals surface area contributed by atoms with Gasteiger partial charge in [0.1, 0.15) is 0 Å². The predicted molar refractivity (Wildman–Crippen MR) is 88.8 cm³/mol. The average molecular weight is 397 g/mol. The lowest BCUT2D eigenvalue weighted by molar-refractivity contribution is 0.0784. The summed E-state index contributed by atoms with van der Waals surface area (Å²) in [5.41, 5.74) is 2.83. The van der Waals surface area contributed by atoms with Crippen LogP contribution in [0.2, 0.25) is 0 Å². The molecule has 0 aromatic heterocycles. The van der Waals surface area contributed by atoms with Crippen LogP contribution in [0.5, 0.6) is 0 Å². The molecule has 0 spiro atoms. The van der Waals surface area contributed by atoms with Gasteiger partial charge in [-0.2, -0.15) is 0 Å². The van der Waals surface area contributed by atoms with Gasteiger partial charge in [-0.05, 0) is 48.4 Å². The van der Waals surface area contributed by atoms with Gasteiger partial charge in [-0.1, -0.05) is 44.0 Å². The summed E-state index contributed by atoms with van der Waals surface area (Å²) in [6.45, 7) is 2.55. The molecule has 0 bridgehead atoms. The summed E-state index contributed by atoms with van der Waals surface area (Å²) in [4.78, 5) is 14.2. The minimum atomic E-state index is 0.0397. The van der Waals surface area contributed by atoms with E-state index in [4.69, 9.17) is 0 Å². The lowest BCUT2D eigenvalue weighted by Gasteiger charge is -2.18. The van der Waals surface area contributed by atoms with Gasteiger partial charge in [-0.15, -0.1) is 0 Å². The molecule has 0 atom stereocenters. The maximum atomic E-state index is 12.4. The number of halogens is 2. The van der Waals surface area contributed by atoms with Crippen molar-refractivity contribution in [2.24, 2.45) is 0 Å². The third-order valence-corrected chi connectivity index (χ3v) is 4.12. The van der Waals surface area contributed by atoms with Crippen molar-refractivity contribution in [3.8, 4) is 0 Å². The van der Waals surface area contributed by atoms with Gasteiger partial charge in [-0.3, -0.25) is 4.79 Å². The monoisotopic (exact) mass is 395 g/mol. The second-order valence-electron chi connectivity index (χ2n) is 4.75. The van der Waals surface area contributed by atoms with Crippen molar-refractivity contribution in [3.63, 3.8) is 0 Å². The van der Waals surface area contributed by atoms with Crippen molar-refractivity contribution in [1.82, 2.24) is 4.90 Å². The first-order chi connectivity index (χ1) is 9.47. The minimum absolute atomic E-state index is 0.0397. The van der Waals surface area contributed by atoms with Crippen LogP contribution in [0.25, 0.3) is 0 Å². The van der Waals surface area contributed by atoms with Crippen LogP contribution in [0, 0.1) is 6.92 Å². The summed E-state index contributed by atoms with van der Waals surface area (Å²) in [6, 6.07) is 13.7. The Hall–Kier alpha value is -1.13. The standard InChI is InChI=1S/C16H15Br2NO/c1-11-9-14(18)7-8-15(11)16(20)19(2)10-12-3-5-13(17)6-4-12/h3-9H,10H2,1-2H3. The zero-order valence-corrected chi connectivity index (χ0v) is 14.5. The van der Waals surface area contributed by atoms with E-state index in [2.05, 4.69) is 31.9 Å². The molecule has 0 aliphatic rings. The molecule has 0 fully saturated rings. The molecule has 0 unspecified atom stereocenters. The molecular formula is C16H15Br2NO. The Bertz CT molecular complexity index is 623. The van der Waals surface area contributed by atoms with Crippen molar-refractivity contribution < 1.29 is 4.79 Å². The van der Waals surface area contributed by atoms with Crippen LogP contribution in [0.1, 0.15) is 21.5 Å². The van der Waals surface area contributed by atoms with Gasteiger partial charge in [0.05, 0.1) is 0 Å². The van der Waals surface area contributed by atoms with E-state index >= 15 is 0 Å². The Morgan fingerprint density at radius 3 is 2.25 bits per heavy atom. The van der Waals surface area contributed by atoms with E-state index in [1.165, 1.54) is 0 Å². The van der Waals surface area contributed by atoms with Gasteiger partial charge >= 0.3 is 0 Å². The van der Waals surface area contributed by atoms with E-state index in [9.17, 15) is 4.79 Å². The molecule has 2 rings (SSSR count). The molecule has 2 nitrogen and oxygen atoms in total. The van der Waals surface area contributed by atoms with E-state index in [1.807, 2.05) is 56.4 Å². The molecule has 2 aromatic carbocycles. The molecule has 104 valence electrons. The van der Waals surface area contributed by atoms with Crippen molar-refractivity contribution in [2.45, 2.75) is 13.5 Å². The predicted octanol–water partition coefficient (Wildman–Crippen LogP) is 4.79. The molecule has 0 N–H and O–H groups in total. The van der Waals surface area contributed by atoms with E-state index < -0.39 is 0 Å². The zero-order valence-electron chi connectivity index (χ0n) is 11.4. The van der Waals surface area contributed by atoms with E-state index in [0.29, 0.717) is 6.54 Å². The molecule has 20 heavy (non-hydrogen) atoms. The van der Waals surface area contributed by atoms with E-state index in [0.717, 1.165) is 25.6 Å². The van der Waals surface area contributed by atoms with Crippen molar-refractivity contribution >= 4 is 37.8 Å². The van der Waals surface area contributed by atoms with Crippen LogP contribution in [0.15, 0.2) is 51.4 Å². The third kappa shape index (κ3) is 3.70. The number of benzene rings is 2. The fraction of sp³-hybridized carbons (Fsp3) is 0.188. The largest absolute Gasteiger partial charge is 0.337 e. The van der Waals surface area contributed by atoms with Crippen LogP contribution in [0.3, 0.4) is 0 Å². The summed E-state index contributed by atoms with van der Waals surface area (Å²) < 4.78 is 2.03. The van der Waals surface area contributed by atoms with Gasteiger partial charge < -0.3 is 4.90 Å². The fourth-order valence-electron chi connectivity index (χ4n) is 2.01. The fourth-order valence-corrected chi connectivity index (χ4v) is 2.75. The highest BCUT2D eigenvalue weighted by atomic mass is 79.9. The number of rotatable bonds is 3. The summed E-state index contributed by atoms with van der Waals surface area (Å²) in [5, 5.41) is 0. The number of carbonyl (C=O) groups excluding carboxylic acids is 1. The smallest absolute Gasteiger partial charge is 0.254 e. The number of aryl methyl sites for hydroxylation is 1. The molecular weight excluding hydrogens is 382 g/mol. The molecule has 0 aliphatic heterocycles. The number of carbonyl (C=O) groups is 1. The molecule has 2 aromatic rings. The Labute approximate surface area is 136 Å². The molecule has 0 saturated heterocycles. The normalized spacial score (nSPS) is 10.4. The second kappa shape index (κ2) is 6.55. The molecule has 4 heteroatoms.